The molecule has 0 heterocycles. The Labute approximate surface area is 163 Å². The molecule has 0 atom stereocenters. The number of carbonyl (C=O) groups is 2. The van der Waals surface area contributed by atoms with E-state index in [0.717, 1.165) is 10.5 Å². The number of benzene rings is 2. The second-order valence-electron chi connectivity index (χ2n) is 6.68. The number of anilines is 1. The summed E-state index contributed by atoms with van der Waals surface area (Å²) in [5.41, 5.74) is 2.38. The van der Waals surface area contributed by atoms with Gasteiger partial charge in [-0.1, -0.05) is 24.5 Å². The zero-order valence-electron chi connectivity index (χ0n) is 15.2. The molecular formula is C21H23NO4S. The van der Waals surface area contributed by atoms with Crippen LogP contribution in [-0.4, -0.2) is 28.8 Å². The van der Waals surface area contributed by atoms with Gasteiger partial charge in [0.25, 0.3) is 5.91 Å². The number of amides is 1. The quantitative estimate of drug-likeness (QED) is 0.720. The van der Waals surface area contributed by atoms with Crippen molar-refractivity contribution in [2.24, 2.45) is 0 Å². The van der Waals surface area contributed by atoms with Crippen LogP contribution in [0.25, 0.3) is 0 Å². The van der Waals surface area contributed by atoms with Gasteiger partial charge in [-0.2, -0.15) is 0 Å². The van der Waals surface area contributed by atoms with Crippen LogP contribution in [0.5, 0.6) is 5.75 Å². The fraction of sp³-hybridized carbons (Fsp3) is 0.333. The molecule has 0 aromatic heterocycles. The van der Waals surface area contributed by atoms with Gasteiger partial charge in [0.2, 0.25) is 0 Å². The summed E-state index contributed by atoms with van der Waals surface area (Å²) in [5, 5.41) is 12.1. The van der Waals surface area contributed by atoms with Crippen LogP contribution in [0.3, 0.4) is 0 Å². The average Bonchev–Trinajstić information content (AvgIpc) is 3.15. The molecule has 5 nitrogen and oxygen atoms in total. The highest BCUT2D eigenvalue weighted by Gasteiger charge is 2.20. The van der Waals surface area contributed by atoms with E-state index in [2.05, 4.69) is 5.32 Å². The van der Waals surface area contributed by atoms with Crippen LogP contribution in [0.15, 0.2) is 47.4 Å². The largest absolute Gasteiger partial charge is 0.482 e. The zero-order valence-corrected chi connectivity index (χ0v) is 16.1. The molecule has 27 heavy (non-hydrogen) atoms. The number of hydrogen-bond acceptors (Lipinski definition) is 4. The molecule has 3 rings (SSSR count). The van der Waals surface area contributed by atoms with Crippen molar-refractivity contribution in [2.75, 3.05) is 11.9 Å². The maximum Gasteiger partial charge on any atom is 0.341 e. The molecule has 0 saturated heterocycles. The number of hydrogen-bond donors (Lipinski definition) is 2. The maximum absolute atomic E-state index is 12.8. The molecule has 1 aliphatic carbocycles. The van der Waals surface area contributed by atoms with Gasteiger partial charge in [0.15, 0.2) is 6.61 Å². The summed E-state index contributed by atoms with van der Waals surface area (Å²) in [6.45, 7) is 1.59. The predicted molar refractivity (Wildman–Crippen MR) is 107 cm³/mol. The summed E-state index contributed by atoms with van der Waals surface area (Å²) in [5.74, 6) is -0.721. The van der Waals surface area contributed by atoms with Crippen molar-refractivity contribution in [2.45, 2.75) is 42.8 Å². The fourth-order valence-corrected chi connectivity index (χ4v) is 4.44. The number of thioether (sulfide) groups is 1. The van der Waals surface area contributed by atoms with Crippen LogP contribution < -0.4 is 10.1 Å². The monoisotopic (exact) mass is 385 g/mol. The van der Waals surface area contributed by atoms with Gasteiger partial charge in [-0.05, 0) is 56.2 Å². The lowest BCUT2D eigenvalue weighted by molar-refractivity contribution is -0.139. The number of rotatable bonds is 7. The molecule has 1 amide bonds. The van der Waals surface area contributed by atoms with Gasteiger partial charge >= 0.3 is 5.97 Å². The SMILES string of the molecule is Cc1ccc(SC2CCCC2)c(C(=O)Nc2ccc(OCC(=O)O)cc2)c1. The first kappa shape index (κ1) is 19.3. The van der Waals surface area contributed by atoms with Gasteiger partial charge < -0.3 is 15.2 Å². The van der Waals surface area contributed by atoms with Gasteiger partial charge in [0.1, 0.15) is 5.75 Å². The summed E-state index contributed by atoms with van der Waals surface area (Å²) >= 11 is 1.80. The van der Waals surface area contributed by atoms with Gasteiger partial charge in [0.05, 0.1) is 5.56 Å². The lowest BCUT2D eigenvalue weighted by Crippen LogP contribution is -2.14. The minimum Gasteiger partial charge on any atom is -0.482 e. The molecule has 0 unspecified atom stereocenters. The highest BCUT2D eigenvalue weighted by molar-refractivity contribution is 8.00. The molecule has 1 saturated carbocycles. The van der Waals surface area contributed by atoms with E-state index in [-0.39, 0.29) is 5.91 Å². The highest BCUT2D eigenvalue weighted by Crippen LogP contribution is 2.36. The number of nitrogens with one attached hydrogen (secondary N) is 1. The molecule has 1 fully saturated rings. The number of aryl methyl sites for hydroxylation is 1. The zero-order chi connectivity index (χ0) is 19.2. The number of ether oxygens (including phenoxy) is 1. The molecule has 2 N–H and O–H groups in total. The molecule has 0 bridgehead atoms. The summed E-state index contributed by atoms with van der Waals surface area (Å²) < 4.78 is 5.11. The Hall–Kier alpha value is -2.47. The summed E-state index contributed by atoms with van der Waals surface area (Å²) in [6, 6.07) is 12.7. The van der Waals surface area contributed by atoms with Crippen molar-refractivity contribution >= 4 is 29.3 Å². The van der Waals surface area contributed by atoms with Crippen molar-refractivity contribution in [3.63, 3.8) is 0 Å². The summed E-state index contributed by atoms with van der Waals surface area (Å²) in [7, 11) is 0. The summed E-state index contributed by atoms with van der Waals surface area (Å²) in [6.07, 6.45) is 4.94. The van der Waals surface area contributed by atoms with Crippen LogP contribution in [-0.2, 0) is 4.79 Å². The molecule has 0 spiro atoms. The van der Waals surface area contributed by atoms with E-state index in [9.17, 15) is 9.59 Å². The topological polar surface area (TPSA) is 75.6 Å². The minimum absolute atomic E-state index is 0.140. The molecule has 142 valence electrons. The van der Waals surface area contributed by atoms with E-state index in [4.69, 9.17) is 9.84 Å². The second kappa shape index (κ2) is 8.95. The molecule has 6 heteroatoms. The average molecular weight is 385 g/mol. The van der Waals surface area contributed by atoms with Crippen molar-refractivity contribution in [1.82, 2.24) is 0 Å². The van der Waals surface area contributed by atoms with E-state index in [1.165, 1.54) is 25.7 Å². The van der Waals surface area contributed by atoms with Crippen LogP contribution in [0.4, 0.5) is 5.69 Å². The Morgan fingerprint density at radius 1 is 1.15 bits per heavy atom. The minimum atomic E-state index is -1.03. The molecule has 1 aliphatic rings. The van der Waals surface area contributed by atoms with Crippen LogP contribution in [0.1, 0.15) is 41.6 Å². The Bertz CT molecular complexity index is 813. The number of carbonyl (C=O) groups excluding carboxylic acids is 1. The van der Waals surface area contributed by atoms with Gasteiger partial charge in [0, 0.05) is 15.8 Å². The van der Waals surface area contributed by atoms with Crippen molar-refractivity contribution < 1.29 is 19.4 Å². The lowest BCUT2D eigenvalue weighted by atomic mass is 10.1. The number of aliphatic carboxylic acids is 1. The van der Waals surface area contributed by atoms with E-state index < -0.39 is 12.6 Å². The smallest absolute Gasteiger partial charge is 0.341 e. The van der Waals surface area contributed by atoms with Crippen molar-refractivity contribution in [3.8, 4) is 5.75 Å². The van der Waals surface area contributed by atoms with Gasteiger partial charge in [-0.15, -0.1) is 11.8 Å². The van der Waals surface area contributed by atoms with Crippen LogP contribution >= 0.6 is 11.8 Å². The number of carboxylic acid groups (broad SMARTS) is 1. The lowest BCUT2D eigenvalue weighted by Gasteiger charge is -2.14. The first-order valence-electron chi connectivity index (χ1n) is 9.04. The third kappa shape index (κ3) is 5.50. The van der Waals surface area contributed by atoms with Crippen molar-refractivity contribution in [1.29, 1.82) is 0 Å². The Morgan fingerprint density at radius 2 is 1.85 bits per heavy atom. The standard InChI is InChI=1S/C21H23NO4S/c1-14-6-11-19(27-17-4-2-3-5-17)18(12-14)21(25)22-15-7-9-16(10-8-15)26-13-20(23)24/h6-12,17H,2-5,13H2,1H3,(H,22,25)(H,23,24). The first-order valence-corrected chi connectivity index (χ1v) is 9.92. The van der Waals surface area contributed by atoms with E-state index in [0.29, 0.717) is 22.3 Å². The normalized spacial score (nSPS) is 14.1. The fourth-order valence-electron chi connectivity index (χ4n) is 3.09. The van der Waals surface area contributed by atoms with E-state index >= 15 is 0 Å². The van der Waals surface area contributed by atoms with Crippen molar-refractivity contribution in [3.05, 3.63) is 53.6 Å². The predicted octanol–water partition coefficient (Wildman–Crippen LogP) is 4.75. The molecule has 0 radical (unpaired) electrons. The van der Waals surface area contributed by atoms with E-state index in [1.807, 2.05) is 25.1 Å². The Kier molecular flexibility index (Phi) is 6.40. The molecule has 2 aromatic rings. The number of carboxylic acids is 1. The highest BCUT2D eigenvalue weighted by atomic mass is 32.2. The first-order chi connectivity index (χ1) is 13.0. The van der Waals surface area contributed by atoms with Crippen LogP contribution in [0.2, 0.25) is 0 Å². The Balaban J connectivity index is 1.69. The third-order valence-corrected chi connectivity index (χ3v) is 5.86. The van der Waals surface area contributed by atoms with Crippen LogP contribution in [0, 0.1) is 6.92 Å². The molecule has 0 aliphatic heterocycles. The molecular weight excluding hydrogens is 362 g/mol. The molecule has 2 aromatic carbocycles. The van der Waals surface area contributed by atoms with Gasteiger partial charge in [-0.25, -0.2) is 4.79 Å². The third-order valence-electron chi connectivity index (χ3n) is 4.45. The second-order valence-corrected chi connectivity index (χ2v) is 8.03. The summed E-state index contributed by atoms with van der Waals surface area (Å²) in [4.78, 5) is 24.4. The Morgan fingerprint density at radius 3 is 2.52 bits per heavy atom. The van der Waals surface area contributed by atoms with E-state index in [1.54, 1.807) is 36.0 Å². The maximum atomic E-state index is 12.8. The van der Waals surface area contributed by atoms with Gasteiger partial charge in [-0.3, -0.25) is 4.79 Å².